The Morgan fingerprint density at radius 2 is 1.87 bits per heavy atom. The molecule has 0 radical (unpaired) electrons. The molecule has 5 heteroatoms. The van der Waals surface area contributed by atoms with E-state index in [0.717, 1.165) is 49.5 Å². The van der Waals surface area contributed by atoms with Gasteiger partial charge in [0, 0.05) is 19.6 Å². The van der Waals surface area contributed by atoms with Gasteiger partial charge in [-0.05, 0) is 45.5 Å². The molecule has 23 heavy (non-hydrogen) atoms. The summed E-state index contributed by atoms with van der Waals surface area (Å²) in [4.78, 5) is 17.1. The molecule has 1 saturated heterocycles. The van der Waals surface area contributed by atoms with E-state index >= 15 is 0 Å². The molecule has 0 bridgehead atoms. The Kier molecular flexibility index (Phi) is 4.48. The van der Waals surface area contributed by atoms with Crippen LogP contribution in [-0.4, -0.2) is 58.7 Å². The summed E-state index contributed by atoms with van der Waals surface area (Å²) in [5.74, 6) is 0.0950. The molecule has 0 saturated carbocycles. The fraction of sp³-hybridized carbons (Fsp3) is 0.444. The smallest absolute Gasteiger partial charge is 0.257 e. The predicted molar refractivity (Wildman–Crippen MR) is 91.1 cm³/mol. The third-order valence-electron chi connectivity index (χ3n) is 4.59. The van der Waals surface area contributed by atoms with Crippen LogP contribution < -0.4 is 0 Å². The van der Waals surface area contributed by atoms with Gasteiger partial charge in [0.05, 0.1) is 23.1 Å². The van der Waals surface area contributed by atoms with Crippen molar-refractivity contribution in [3.8, 4) is 5.69 Å². The van der Waals surface area contributed by atoms with E-state index in [1.54, 1.807) is 6.20 Å². The average Bonchev–Trinajstić information content (AvgIpc) is 2.77. The molecule has 0 unspecified atom stereocenters. The Bertz CT molecular complexity index is 707. The van der Waals surface area contributed by atoms with Crippen molar-refractivity contribution in [1.29, 1.82) is 0 Å². The van der Waals surface area contributed by atoms with Crippen LogP contribution in [0.5, 0.6) is 0 Å². The predicted octanol–water partition coefficient (Wildman–Crippen LogP) is 2.27. The number of likely N-dealkylation sites (N-methyl/N-ethyl adjacent to an activating group) is 1. The summed E-state index contributed by atoms with van der Waals surface area (Å²) < 4.78 is 1.87. The van der Waals surface area contributed by atoms with Crippen molar-refractivity contribution in [2.24, 2.45) is 0 Å². The molecule has 5 nitrogen and oxygen atoms in total. The first-order valence-electron chi connectivity index (χ1n) is 8.16. The van der Waals surface area contributed by atoms with Gasteiger partial charge >= 0.3 is 0 Å². The van der Waals surface area contributed by atoms with Crippen molar-refractivity contribution in [3.63, 3.8) is 0 Å². The molecule has 1 aliphatic heterocycles. The van der Waals surface area contributed by atoms with E-state index in [0.29, 0.717) is 5.56 Å². The summed E-state index contributed by atoms with van der Waals surface area (Å²) in [5.41, 5.74) is 3.79. The molecule has 3 rings (SSSR count). The number of aryl methyl sites for hydroxylation is 1. The summed E-state index contributed by atoms with van der Waals surface area (Å²) in [6.45, 7) is 7.60. The monoisotopic (exact) mass is 312 g/mol. The van der Waals surface area contributed by atoms with Crippen LogP contribution in [0.4, 0.5) is 0 Å². The van der Waals surface area contributed by atoms with Gasteiger partial charge in [-0.1, -0.05) is 18.2 Å². The number of carbonyl (C=O) groups excluding carboxylic acids is 1. The maximum absolute atomic E-state index is 12.9. The number of nitrogens with zero attached hydrogens (tertiary/aromatic N) is 4. The van der Waals surface area contributed by atoms with Crippen molar-refractivity contribution < 1.29 is 4.79 Å². The van der Waals surface area contributed by atoms with Gasteiger partial charge in [-0.25, -0.2) is 4.68 Å². The van der Waals surface area contributed by atoms with Crippen molar-refractivity contribution in [2.45, 2.75) is 20.3 Å². The normalized spacial score (nSPS) is 16.4. The van der Waals surface area contributed by atoms with E-state index in [1.807, 2.05) is 34.7 Å². The zero-order chi connectivity index (χ0) is 16.4. The van der Waals surface area contributed by atoms with Gasteiger partial charge in [0.2, 0.25) is 0 Å². The van der Waals surface area contributed by atoms with Crippen molar-refractivity contribution in [3.05, 3.63) is 47.3 Å². The number of amides is 1. The van der Waals surface area contributed by atoms with Gasteiger partial charge in [-0.2, -0.15) is 5.10 Å². The van der Waals surface area contributed by atoms with Gasteiger partial charge in [0.15, 0.2) is 0 Å². The molecule has 0 spiro atoms. The Balaban J connectivity index is 1.87. The molecule has 1 amide bonds. The number of carbonyl (C=O) groups is 1. The van der Waals surface area contributed by atoms with Crippen LogP contribution in [0.2, 0.25) is 0 Å². The third-order valence-corrected chi connectivity index (χ3v) is 4.59. The number of benzene rings is 1. The number of hydrogen-bond acceptors (Lipinski definition) is 3. The average molecular weight is 312 g/mol. The maximum Gasteiger partial charge on any atom is 0.257 e. The largest absolute Gasteiger partial charge is 0.337 e. The lowest BCUT2D eigenvalue weighted by Gasteiger charge is -2.20. The molecule has 122 valence electrons. The molecule has 1 aromatic carbocycles. The first-order chi connectivity index (χ1) is 11.1. The van der Waals surface area contributed by atoms with E-state index in [2.05, 4.69) is 30.0 Å². The number of para-hydroxylation sites is 1. The summed E-state index contributed by atoms with van der Waals surface area (Å²) >= 11 is 0. The standard InChI is InChI=1S/C18H24N4O/c1-14-7-4-5-8-17(14)22-15(2)16(13-19-22)18(23)21-10-6-9-20(3)11-12-21/h4-5,7-8,13H,6,9-12H2,1-3H3. The van der Waals surface area contributed by atoms with Crippen LogP contribution in [0.1, 0.15) is 28.0 Å². The molecule has 1 aromatic heterocycles. The lowest BCUT2D eigenvalue weighted by Crippen LogP contribution is -2.34. The number of hydrogen-bond donors (Lipinski definition) is 0. The minimum atomic E-state index is 0.0950. The Morgan fingerprint density at radius 3 is 2.65 bits per heavy atom. The van der Waals surface area contributed by atoms with Crippen molar-refractivity contribution in [1.82, 2.24) is 19.6 Å². The molecule has 0 atom stereocenters. The summed E-state index contributed by atoms with van der Waals surface area (Å²) in [5, 5.41) is 4.46. The summed E-state index contributed by atoms with van der Waals surface area (Å²) in [7, 11) is 2.11. The van der Waals surface area contributed by atoms with Gasteiger partial charge in [-0.3, -0.25) is 4.79 Å². The molecular weight excluding hydrogens is 288 g/mol. The highest BCUT2D eigenvalue weighted by Crippen LogP contribution is 2.19. The topological polar surface area (TPSA) is 41.4 Å². The lowest BCUT2D eigenvalue weighted by molar-refractivity contribution is 0.0762. The lowest BCUT2D eigenvalue weighted by atomic mass is 10.2. The van der Waals surface area contributed by atoms with Crippen LogP contribution in [0.25, 0.3) is 5.69 Å². The molecule has 1 fully saturated rings. The Morgan fingerprint density at radius 1 is 1.09 bits per heavy atom. The summed E-state index contributed by atoms with van der Waals surface area (Å²) in [6, 6.07) is 8.10. The van der Waals surface area contributed by atoms with E-state index < -0.39 is 0 Å². The van der Waals surface area contributed by atoms with Crippen molar-refractivity contribution in [2.75, 3.05) is 33.2 Å². The molecule has 2 aromatic rings. The van der Waals surface area contributed by atoms with Gasteiger partial charge in [0.25, 0.3) is 5.91 Å². The SMILES string of the molecule is Cc1ccccc1-n1ncc(C(=O)N2CCCN(C)CC2)c1C. The van der Waals surface area contributed by atoms with E-state index in [4.69, 9.17) is 0 Å². The molecule has 0 aliphatic carbocycles. The zero-order valence-electron chi connectivity index (χ0n) is 14.1. The first-order valence-corrected chi connectivity index (χ1v) is 8.16. The van der Waals surface area contributed by atoms with Crippen LogP contribution in [0, 0.1) is 13.8 Å². The van der Waals surface area contributed by atoms with Crippen LogP contribution >= 0.6 is 0 Å². The molecule has 2 heterocycles. The van der Waals surface area contributed by atoms with Gasteiger partial charge < -0.3 is 9.80 Å². The summed E-state index contributed by atoms with van der Waals surface area (Å²) in [6.07, 6.45) is 2.73. The minimum Gasteiger partial charge on any atom is -0.337 e. The second kappa shape index (κ2) is 6.54. The van der Waals surface area contributed by atoms with E-state index in [9.17, 15) is 4.79 Å². The van der Waals surface area contributed by atoms with Gasteiger partial charge in [0.1, 0.15) is 0 Å². The second-order valence-electron chi connectivity index (χ2n) is 6.29. The van der Waals surface area contributed by atoms with Crippen LogP contribution in [-0.2, 0) is 0 Å². The first kappa shape index (κ1) is 15.7. The van der Waals surface area contributed by atoms with Crippen molar-refractivity contribution >= 4 is 5.91 Å². The Labute approximate surface area is 137 Å². The second-order valence-corrected chi connectivity index (χ2v) is 6.29. The number of aromatic nitrogens is 2. The quantitative estimate of drug-likeness (QED) is 0.854. The molecular formula is C18H24N4O. The molecule has 0 N–H and O–H groups in total. The third kappa shape index (κ3) is 3.15. The van der Waals surface area contributed by atoms with E-state index in [1.165, 1.54) is 0 Å². The number of rotatable bonds is 2. The highest BCUT2D eigenvalue weighted by molar-refractivity contribution is 5.95. The van der Waals surface area contributed by atoms with E-state index in [-0.39, 0.29) is 5.91 Å². The minimum absolute atomic E-state index is 0.0950. The highest BCUT2D eigenvalue weighted by Gasteiger charge is 2.23. The zero-order valence-corrected chi connectivity index (χ0v) is 14.1. The highest BCUT2D eigenvalue weighted by atomic mass is 16.2. The Hall–Kier alpha value is -2.14. The van der Waals surface area contributed by atoms with Gasteiger partial charge in [-0.15, -0.1) is 0 Å². The fourth-order valence-corrected chi connectivity index (χ4v) is 3.08. The van der Waals surface area contributed by atoms with Crippen LogP contribution in [0.15, 0.2) is 30.5 Å². The fourth-order valence-electron chi connectivity index (χ4n) is 3.08. The molecule has 1 aliphatic rings. The maximum atomic E-state index is 12.9. The van der Waals surface area contributed by atoms with Crippen LogP contribution in [0.3, 0.4) is 0 Å².